The highest BCUT2D eigenvalue weighted by atomic mass is 35.5. The van der Waals surface area contributed by atoms with Crippen LogP contribution in [-0.4, -0.2) is 26.9 Å². The fraction of sp³-hybridized carbons (Fsp3) is 0.130. The van der Waals surface area contributed by atoms with Gasteiger partial charge < -0.3 is 14.6 Å². The Bertz CT molecular complexity index is 1240. The number of alkyl halides is 3. The van der Waals surface area contributed by atoms with Gasteiger partial charge in [0.2, 0.25) is 5.88 Å². The lowest BCUT2D eigenvalue weighted by molar-refractivity contribution is -0.141. The Kier molecular flexibility index (Phi) is 6.41. The molecule has 170 valence electrons. The number of para-hydroxylation sites is 1. The fourth-order valence-electron chi connectivity index (χ4n) is 3.09. The number of halogens is 4. The van der Waals surface area contributed by atoms with Crippen molar-refractivity contribution in [1.82, 2.24) is 19.7 Å². The molecule has 0 aliphatic heterocycles. The molecule has 4 rings (SSSR count). The van der Waals surface area contributed by atoms with Crippen LogP contribution in [0.4, 0.5) is 13.2 Å². The number of amides is 1. The van der Waals surface area contributed by atoms with Crippen LogP contribution in [0.3, 0.4) is 0 Å². The largest absolute Gasteiger partial charge is 0.467 e. The first kappa shape index (κ1) is 22.5. The predicted octanol–water partition coefficient (Wildman–Crippen LogP) is 5.03. The minimum atomic E-state index is -4.68. The Labute approximate surface area is 192 Å². The number of ether oxygens (including phenoxy) is 1. The van der Waals surface area contributed by atoms with Crippen molar-refractivity contribution in [3.8, 4) is 17.3 Å². The van der Waals surface area contributed by atoms with Crippen molar-refractivity contribution in [3.63, 3.8) is 0 Å². The molecule has 0 saturated carbocycles. The predicted molar refractivity (Wildman–Crippen MR) is 117 cm³/mol. The first-order chi connectivity index (χ1) is 15.8. The summed E-state index contributed by atoms with van der Waals surface area (Å²) in [6, 6.07) is 18.4. The van der Waals surface area contributed by atoms with Gasteiger partial charge in [0.25, 0.3) is 5.91 Å². The van der Waals surface area contributed by atoms with Crippen molar-refractivity contribution >= 4 is 17.5 Å². The van der Waals surface area contributed by atoms with Gasteiger partial charge in [0.05, 0.1) is 10.7 Å². The van der Waals surface area contributed by atoms with Crippen LogP contribution in [-0.2, 0) is 17.5 Å². The van der Waals surface area contributed by atoms with Crippen LogP contribution in [0.1, 0.15) is 11.3 Å². The van der Waals surface area contributed by atoms with Crippen molar-refractivity contribution < 1.29 is 22.7 Å². The summed E-state index contributed by atoms with van der Waals surface area (Å²) in [7, 11) is 0. The molecule has 0 saturated heterocycles. The molecule has 1 amide bonds. The van der Waals surface area contributed by atoms with E-state index in [0.29, 0.717) is 0 Å². The molecule has 1 N–H and O–H groups in total. The molecule has 10 heteroatoms. The highest BCUT2D eigenvalue weighted by Gasteiger charge is 2.36. The van der Waals surface area contributed by atoms with E-state index in [2.05, 4.69) is 10.4 Å². The van der Waals surface area contributed by atoms with Gasteiger partial charge in [0.15, 0.2) is 12.3 Å². The number of rotatable bonds is 7. The standard InChI is InChI=1S/C23H18ClF3N4O2/c24-18-5-1-2-6-19(18)31-22(13-20(29-31)23(25,26)27)33-15-21(32)28-14-16-7-9-17(10-8-16)30-11-3-4-12-30/h1-13H,14-15H2,(H,28,32). The number of nitrogens with one attached hydrogen (secondary N) is 1. The normalized spacial score (nSPS) is 11.4. The number of nitrogens with zero attached hydrogens (tertiary/aromatic N) is 3. The monoisotopic (exact) mass is 474 g/mol. The van der Waals surface area contributed by atoms with Gasteiger partial charge in [-0.2, -0.15) is 23.0 Å². The van der Waals surface area contributed by atoms with Crippen molar-refractivity contribution in [2.24, 2.45) is 0 Å². The van der Waals surface area contributed by atoms with Gasteiger partial charge >= 0.3 is 6.18 Å². The van der Waals surface area contributed by atoms with Crippen molar-refractivity contribution in [1.29, 1.82) is 0 Å². The summed E-state index contributed by atoms with van der Waals surface area (Å²) in [5.41, 5.74) is 0.889. The molecule has 0 spiro atoms. The van der Waals surface area contributed by atoms with Crippen LogP contribution in [0, 0.1) is 0 Å². The van der Waals surface area contributed by atoms with Crippen LogP contribution in [0.5, 0.6) is 5.88 Å². The molecule has 0 bridgehead atoms. The third kappa shape index (κ3) is 5.38. The van der Waals surface area contributed by atoms with E-state index >= 15 is 0 Å². The van der Waals surface area contributed by atoms with Crippen LogP contribution in [0.15, 0.2) is 79.1 Å². The van der Waals surface area contributed by atoms with Gasteiger partial charge in [-0.05, 0) is 42.0 Å². The van der Waals surface area contributed by atoms with Crippen LogP contribution < -0.4 is 10.1 Å². The van der Waals surface area contributed by atoms with Crippen LogP contribution in [0.25, 0.3) is 11.4 Å². The molecule has 0 aliphatic carbocycles. The topological polar surface area (TPSA) is 61.1 Å². The number of benzene rings is 2. The maximum atomic E-state index is 13.2. The van der Waals surface area contributed by atoms with Crippen LogP contribution >= 0.6 is 11.6 Å². The second kappa shape index (κ2) is 9.41. The second-order valence-electron chi connectivity index (χ2n) is 7.05. The average Bonchev–Trinajstić information content (AvgIpc) is 3.47. The van der Waals surface area contributed by atoms with E-state index in [1.165, 1.54) is 12.1 Å². The number of carbonyl (C=O) groups is 1. The average molecular weight is 475 g/mol. The first-order valence-corrected chi connectivity index (χ1v) is 10.2. The van der Waals surface area contributed by atoms with Gasteiger partial charge in [0, 0.05) is 30.7 Å². The van der Waals surface area contributed by atoms with Crippen LogP contribution in [0.2, 0.25) is 5.02 Å². The van der Waals surface area contributed by atoms with Gasteiger partial charge in [-0.1, -0.05) is 35.9 Å². The maximum Gasteiger partial charge on any atom is 0.435 e. The molecule has 2 aromatic heterocycles. The summed E-state index contributed by atoms with van der Waals surface area (Å²) in [5.74, 6) is -0.744. The molecule has 0 atom stereocenters. The zero-order chi connectivity index (χ0) is 23.4. The zero-order valence-corrected chi connectivity index (χ0v) is 17.8. The summed E-state index contributed by atoms with van der Waals surface area (Å²) >= 11 is 6.10. The summed E-state index contributed by atoms with van der Waals surface area (Å²) in [6.45, 7) is -0.249. The SMILES string of the molecule is O=C(COc1cc(C(F)(F)F)nn1-c1ccccc1Cl)NCc1ccc(-n2cccc2)cc1. The summed E-state index contributed by atoms with van der Waals surface area (Å²) in [6.07, 6.45) is -0.836. The summed E-state index contributed by atoms with van der Waals surface area (Å²) in [4.78, 5) is 12.2. The molecule has 0 aliphatic rings. The van der Waals surface area contributed by atoms with Crippen molar-refractivity contribution in [2.75, 3.05) is 6.61 Å². The summed E-state index contributed by atoms with van der Waals surface area (Å²) < 4.78 is 47.8. The Hall–Kier alpha value is -3.72. The minimum Gasteiger partial charge on any atom is -0.467 e. The third-order valence-electron chi connectivity index (χ3n) is 4.73. The van der Waals surface area contributed by atoms with E-state index < -0.39 is 24.4 Å². The van der Waals surface area contributed by atoms with E-state index in [-0.39, 0.29) is 23.1 Å². The van der Waals surface area contributed by atoms with E-state index in [1.54, 1.807) is 12.1 Å². The molecule has 33 heavy (non-hydrogen) atoms. The van der Waals surface area contributed by atoms with E-state index in [1.807, 2.05) is 53.4 Å². The first-order valence-electron chi connectivity index (χ1n) is 9.85. The van der Waals surface area contributed by atoms with E-state index in [0.717, 1.165) is 22.0 Å². The smallest absolute Gasteiger partial charge is 0.435 e. The Morgan fingerprint density at radius 2 is 1.73 bits per heavy atom. The number of hydrogen-bond donors (Lipinski definition) is 1. The van der Waals surface area contributed by atoms with Gasteiger partial charge in [0.1, 0.15) is 0 Å². The quantitative estimate of drug-likeness (QED) is 0.408. The van der Waals surface area contributed by atoms with Gasteiger partial charge in [-0.15, -0.1) is 0 Å². The highest BCUT2D eigenvalue weighted by Crippen LogP contribution is 2.33. The highest BCUT2D eigenvalue weighted by molar-refractivity contribution is 6.32. The molecular weight excluding hydrogens is 457 g/mol. The van der Waals surface area contributed by atoms with Crippen molar-refractivity contribution in [2.45, 2.75) is 12.7 Å². The lowest BCUT2D eigenvalue weighted by Crippen LogP contribution is -2.28. The summed E-state index contributed by atoms with van der Waals surface area (Å²) in [5, 5.41) is 6.43. The molecule has 2 aromatic carbocycles. The molecule has 0 fully saturated rings. The lowest BCUT2D eigenvalue weighted by atomic mass is 10.2. The molecule has 0 radical (unpaired) electrons. The number of aromatic nitrogens is 3. The van der Waals surface area contributed by atoms with Gasteiger partial charge in [-0.25, -0.2) is 0 Å². The lowest BCUT2D eigenvalue weighted by Gasteiger charge is -2.11. The van der Waals surface area contributed by atoms with Crippen molar-refractivity contribution in [3.05, 3.63) is 95.4 Å². The number of hydrogen-bond acceptors (Lipinski definition) is 3. The van der Waals surface area contributed by atoms with Gasteiger partial charge in [-0.3, -0.25) is 4.79 Å². The maximum absolute atomic E-state index is 13.2. The molecule has 0 unspecified atom stereocenters. The number of carbonyl (C=O) groups excluding carboxylic acids is 1. The molecule has 4 aromatic rings. The molecule has 2 heterocycles. The van der Waals surface area contributed by atoms with E-state index in [9.17, 15) is 18.0 Å². The Morgan fingerprint density at radius 1 is 1.03 bits per heavy atom. The Balaban J connectivity index is 1.40. The second-order valence-corrected chi connectivity index (χ2v) is 7.46. The minimum absolute atomic E-state index is 0.187. The molecule has 6 nitrogen and oxygen atoms in total. The Morgan fingerprint density at radius 3 is 2.39 bits per heavy atom. The molecular formula is C23H18ClF3N4O2. The van der Waals surface area contributed by atoms with E-state index in [4.69, 9.17) is 16.3 Å². The fourth-order valence-corrected chi connectivity index (χ4v) is 3.30. The third-order valence-corrected chi connectivity index (χ3v) is 5.05. The zero-order valence-electron chi connectivity index (χ0n) is 17.1.